The highest BCUT2D eigenvalue weighted by atomic mass is 16.5. The van der Waals surface area contributed by atoms with Crippen molar-refractivity contribution in [2.45, 2.75) is 63.9 Å². The maximum atomic E-state index is 9.88. The van der Waals surface area contributed by atoms with Crippen LogP contribution in [0.5, 0.6) is 0 Å². The highest BCUT2D eigenvalue weighted by Gasteiger charge is 2.39. The highest BCUT2D eigenvalue weighted by molar-refractivity contribution is 4.87. The quantitative estimate of drug-likeness (QED) is 0.578. The molecule has 0 spiro atoms. The van der Waals surface area contributed by atoms with Crippen LogP contribution >= 0.6 is 0 Å². The molecule has 0 radical (unpaired) electrons. The molecule has 1 aliphatic heterocycles. The standard InChI is InChI=1S/C14H28O5/c1-3-5-6-10(4-2)7-18-8-12(16)14-13(17)11(15)9-19-14/h10-17H,3-9H2,1-2H3. The van der Waals surface area contributed by atoms with E-state index in [2.05, 4.69) is 13.8 Å². The predicted molar refractivity (Wildman–Crippen MR) is 71.9 cm³/mol. The van der Waals surface area contributed by atoms with Crippen LogP contribution in [-0.2, 0) is 9.47 Å². The van der Waals surface area contributed by atoms with Crippen molar-refractivity contribution in [2.75, 3.05) is 19.8 Å². The van der Waals surface area contributed by atoms with Crippen molar-refractivity contribution in [1.29, 1.82) is 0 Å². The van der Waals surface area contributed by atoms with Crippen molar-refractivity contribution in [3.63, 3.8) is 0 Å². The Morgan fingerprint density at radius 1 is 1.26 bits per heavy atom. The molecule has 0 saturated carbocycles. The topological polar surface area (TPSA) is 79.2 Å². The molecule has 5 atom stereocenters. The zero-order valence-electron chi connectivity index (χ0n) is 12.0. The van der Waals surface area contributed by atoms with Gasteiger partial charge in [-0.1, -0.05) is 33.1 Å². The van der Waals surface area contributed by atoms with Crippen molar-refractivity contribution in [1.82, 2.24) is 0 Å². The Kier molecular flexibility index (Phi) is 7.87. The van der Waals surface area contributed by atoms with Gasteiger partial charge in [-0.15, -0.1) is 0 Å². The summed E-state index contributed by atoms with van der Waals surface area (Å²) in [6.07, 6.45) is 1.01. The monoisotopic (exact) mass is 276 g/mol. The van der Waals surface area contributed by atoms with Crippen LogP contribution in [0.25, 0.3) is 0 Å². The normalized spacial score (nSPS) is 30.5. The molecule has 1 heterocycles. The summed E-state index contributed by atoms with van der Waals surface area (Å²) in [6, 6.07) is 0. The summed E-state index contributed by atoms with van der Waals surface area (Å²) < 4.78 is 10.7. The van der Waals surface area contributed by atoms with E-state index < -0.39 is 24.4 Å². The van der Waals surface area contributed by atoms with Crippen LogP contribution in [0.2, 0.25) is 0 Å². The van der Waals surface area contributed by atoms with Gasteiger partial charge in [0.1, 0.15) is 24.4 Å². The van der Waals surface area contributed by atoms with Crippen LogP contribution in [-0.4, -0.2) is 59.6 Å². The molecule has 0 aromatic heterocycles. The van der Waals surface area contributed by atoms with E-state index in [1.54, 1.807) is 0 Å². The summed E-state index contributed by atoms with van der Waals surface area (Å²) >= 11 is 0. The molecule has 0 aromatic carbocycles. The molecule has 5 unspecified atom stereocenters. The molecule has 1 saturated heterocycles. The second-order valence-electron chi connectivity index (χ2n) is 5.38. The van der Waals surface area contributed by atoms with E-state index in [9.17, 15) is 15.3 Å². The molecule has 3 N–H and O–H groups in total. The van der Waals surface area contributed by atoms with Crippen molar-refractivity contribution < 1.29 is 24.8 Å². The third kappa shape index (κ3) is 5.36. The summed E-state index contributed by atoms with van der Waals surface area (Å²) in [7, 11) is 0. The van der Waals surface area contributed by atoms with Crippen molar-refractivity contribution in [3.05, 3.63) is 0 Å². The maximum Gasteiger partial charge on any atom is 0.114 e. The van der Waals surface area contributed by atoms with E-state index in [1.807, 2.05) is 0 Å². The lowest BCUT2D eigenvalue weighted by Gasteiger charge is -2.22. The molecular formula is C14H28O5. The van der Waals surface area contributed by atoms with Gasteiger partial charge in [0, 0.05) is 6.61 Å². The van der Waals surface area contributed by atoms with Gasteiger partial charge >= 0.3 is 0 Å². The summed E-state index contributed by atoms with van der Waals surface area (Å²) in [5.41, 5.74) is 0. The average molecular weight is 276 g/mol. The molecule has 1 rings (SSSR count). The SMILES string of the molecule is CCCCC(CC)COCC(O)C1OCC(O)C1O. The summed E-state index contributed by atoms with van der Waals surface area (Å²) in [6.45, 7) is 5.13. The maximum absolute atomic E-state index is 9.88. The molecule has 1 aliphatic rings. The number of rotatable bonds is 9. The molecule has 0 aromatic rings. The molecule has 5 heteroatoms. The number of hydrogen-bond acceptors (Lipinski definition) is 5. The molecule has 5 nitrogen and oxygen atoms in total. The van der Waals surface area contributed by atoms with Crippen molar-refractivity contribution >= 4 is 0 Å². The van der Waals surface area contributed by atoms with Gasteiger partial charge in [0.2, 0.25) is 0 Å². The van der Waals surface area contributed by atoms with Crippen LogP contribution in [0, 0.1) is 5.92 Å². The molecule has 1 fully saturated rings. The fourth-order valence-corrected chi connectivity index (χ4v) is 2.31. The Morgan fingerprint density at radius 3 is 2.53 bits per heavy atom. The van der Waals surface area contributed by atoms with Gasteiger partial charge < -0.3 is 24.8 Å². The molecule has 0 bridgehead atoms. The molecule has 0 aliphatic carbocycles. The van der Waals surface area contributed by atoms with Gasteiger partial charge in [-0.2, -0.15) is 0 Å². The lowest BCUT2D eigenvalue weighted by Crippen LogP contribution is -2.41. The summed E-state index contributed by atoms with van der Waals surface area (Å²) in [5, 5.41) is 28.8. The first-order valence-electron chi connectivity index (χ1n) is 7.33. The first-order valence-corrected chi connectivity index (χ1v) is 7.33. The number of unbranched alkanes of at least 4 members (excludes halogenated alkanes) is 1. The number of aliphatic hydroxyl groups is 3. The molecule has 19 heavy (non-hydrogen) atoms. The second-order valence-corrected chi connectivity index (χ2v) is 5.38. The van der Waals surface area contributed by atoms with E-state index in [-0.39, 0.29) is 13.2 Å². The number of aliphatic hydroxyl groups excluding tert-OH is 3. The van der Waals surface area contributed by atoms with Gasteiger partial charge in [0.05, 0.1) is 13.2 Å². The van der Waals surface area contributed by atoms with Crippen LogP contribution in [0.1, 0.15) is 39.5 Å². The largest absolute Gasteiger partial charge is 0.388 e. The minimum absolute atomic E-state index is 0.0664. The van der Waals surface area contributed by atoms with Crippen LogP contribution < -0.4 is 0 Å². The average Bonchev–Trinajstić information content (AvgIpc) is 2.74. The van der Waals surface area contributed by atoms with E-state index in [4.69, 9.17) is 9.47 Å². The third-order valence-electron chi connectivity index (χ3n) is 3.75. The Morgan fingerprint density at radius 2 is 2.00 bits per heavy atom. The van der Waals surface area contributed by atoms with Gasteiger partial charge in [-0.25, -0.2) is 0 Å². The predicted octanol–water partition coefficient (Wildman–Crippen LogP) is 0.701. The number of ether oxygens (including phenoxy) is 2. The highest BCUT2D eigenvalue weighted by Crippen LogP contribution is 2.18. The van der Waals surface area contributed by atoms with E-state index in [0.29, 0.717) is 12.5 Å². The lowest BCUT2D eigenvalue weighted by molar-refractivity contribution is -0.0847. The zero-order valence-corrected chi connectivity index (χ0v) is 12.0. The van der Waals surface area contributed by atoms with Crippen molar-refractivity contribution in [3.8, 4) is 0 Å². The first kappa shape index (κ1) is 16.9. The first-order chi connectivity index (χ1) is 9.10. The van der Waals surface area contributed by atoms with Crippen molar-refractivity contribution in [2.24, 2.45) is 5.92 Å². The number of hydrogen-bond donors (Lipinski definition) is 3. The van der Waals surface area contributed by atoms with E-state index in [0.717, 1.165) is 12.8 Å². The Labute approximate surface area is 115 Å². The molecule has 114 valence electrons. The minimum Gasteiger partial charge on any atom is -0.388 e. The molecular weight excluding hydrogens is 248 g/mol. The Balaban J connectivity index is 2.20. The minimum atomic E-state index is -1.03. The van der Waals surface area contributed by atoms with Crippen LogP contribution in [0.15, 0.2) is 0 Å². The third-order valence-corrected chi connectivity index (χ3v) is 3.75. The zero-order chi connectivity index (χ0) is 14.3. The van der Waals surface area contributed by atoms with Gasteiger partial charge in [-0.3, -0.25) is 0 Å². The lowest BCUT2D eigenvalue weighted by atomic mass is 10.0. The fourth-order valence-electron chi connectivity index (χ4n) is 2.31. The smallest absolute Gasteiger partial charge is 0.114 e. The van der Waals surface area contributed by atoms with E-state index >= 15 is 0 Å². The fraction of sp³-hybridized carbons (Fsp3) is 1.00. The molecule has 0 amide bonds. The summed E-state index contributed by atoms with van der Waals surface area (Å²) in [4.78, 5) is 0. The van der Waals surface area contributed by atoms with Gasteiger partial charge in [0.15, 0.2) is 0 Å². The summed E-state index contributed by atoms with van der Waals surface area (Å²) in [5.74, 6) is 0.521. The Bertz CT molecular complexity index is 236. The Hall–Kier alpha value is -0.200. The van der Waals surface area contributed by atoms with Crippen LogP contribution in [0.3, 0.4) is 0 Å². The van der Waals surface area contributed by atoms with Gasteiger partial charge in [0.25, 0.3) is 0 Å². The van der Waals surface area contributed by atoms with Gasteiger partial charge in [-0.05, 0) is 12.3 Å². The second kappa shape index (κ2) is 8.87. The van der Waals surface area contributed by atoms with E-state index in [1.165, 1.54) is 12.8 Å². The van der Waals surface area contributed by atoms with Crippen LogP contribution in [0.4, 0.5) is 0 Å².